The molecule has 0 aliphatic rings. The predicted molar refractivity (Wildman–Crippen MR) is 78.4 cm³/mol. The molecule has 4 nitrogen and oxygen atoms in total. The number of allylic oxidation sites excluding steroid dienone is 2. The van der Waals surface area contributed by atoms with E-state index in [1.54, 1.807) is 31.2 Å². The topological polar surface area (TPSA) is 69.4 Å². The van der Waals surface area contributed by atoms with Gasteiger partial charge < -0.3 is 10.5 Å². The lowest BCUT2D eigenvalue weighted by Gasteiger charge is -2.11. The minimum absolute atomic E-state index is 0.0721. The van der Waals surface area contributed by atoms with Gasteiger partial charge in [0.2, 0.25) is 0 Å². The van der Waals surface area contributed by atoms with Gasteiger partial charge in [-0.25, -0.2) is 0 Å². The second-order valence-electron chi connectivity index (χ2n) is 4.29. The molecule has 20 heavy (non-hydrogen) atoms. The van der Waals surface area contributed by atoms with Gasteiger partial charge in [-0.05, 0) is 31.1 Å². The number of nitrogens with two attached hydrogens (primary N) is 1. The molecule has 0 bridgehead atoms. The van der Waals surface area contributed by atoms with E-state index in [2.05, 4.69) is 6.58 Å². The lowest BCUT2D eigenvalue weighted by Crippen LogP contribution is -2.34. The maximum atomic E-state index is 11.7. The van der Waals surface area contributed by atoms with Crippen molar-refractivity contribution in [2.24, 2.45) is 5.73 Å². The maximum absolute atomic E-state index is 11.7. The van der Waals surface area contributed by atoms with E-state index in [1.807, 2.05) is 6.07 Å². The summed E-state index contributed by atoms with van der Waals surface area (Å²) in [6.45, 7) is 5.39. The SMILES string of the molecule is C=CCOC(=O)[C@@H](N)Cc1cccc(C(=O)C=CC)c1. The van der Waals surface area contributed by atoms with Crippen LogP contribution in [0.5, 0.6) is 0 Å². The Morgan fingerprint density at radius 1 is 1.45 bits per heavy atom. The van der Waals surface area contributed by atoms with Crippen LogP contribution >= 0.6 is 0 Å². The Morgan fingerprint density at radius 2 is 2.20 bits per heavy atom. The van der Waals surface area contributed by atoms with Crippen molar-refractivity contribution < 1.29 is 14.3 Å². The summed E-state index contributed by atoms with van der Waals surface area (Å²) in [7, 11) is 0. The Kier molecular flexibility index (Phi) is 6.40. The van der Waals surface area contributed by atoms with Crippen molar-refractivity contribution in [1.82, 2.24) is 0 Å². The van der Waals surface area contributed by atoms with Crippen molar-refractivity contribution in [2.75, 3.05) is 6.61 Å². The molecule has 0 aliphatic carbocycles. The first-order valence-corrected chi connectivity index (χ1v) is 6.37. The molecule has 0 fully saturated rings. The number of carbonyl (C=O) groups is 2. The number of rotatable bonds is 7. The smallest absolute Gasteiger partial charge is 0.323 e. The molecule has 0 saturated heterocycles. The van der Waals surface area contributed by atoms with Crippen molar-refractivity contribution in [3.63, 3.8) is 0 Å². The van der Waals surface area contributed by atoms with E-state index in [4.69, 9.17) is 10.5 Å². The van der Waals surface area contributed by atoms with Gasteiger partial charge in [-0.15, -0.1) is 0 Å². The molecule has 1 atom stereocenters. The zero-order valence-corrected chi connectivity index (χ0v) is 11.5. The van der Waals surface area contributed by atoms with Crippen molar-refractivity contribution in [3.05, 3.63) is 60.2 Å². The fourth-order valence-electron chi connectivity index (χ4n) is 1.68. The lowest BCUT2D eigenvalue weighted by molar-refractivity contribution is -0.143. The van der Waals surface area contributed by atoms with E-state index in [-0.39, 0.29) is 12.4 Å². The largest absolute Gasteiger partial charge is 0.460 e. The van der Waals surface area contributed by atoms with Gasteiger partial charge in [0, 0.05) is 5.56 Å². The second-order valence-corrected chi connectivity index (χ2v) is 4.29. The molecule has 4 heteroatoms. The fraction of sp³-hybridized carbons (Fsp3) is 0.250. The highest BCUT2D eigenvalue weighted by atomic mass is 16.5. The van der Waals surface area contributed by atoms with Gasteiger partial charge in [-0.2, -0.15) is 0 Å². The van der Waals surface area contributed by atoms with Crippen LogP contribution in [0.3, 0.4) is 0 Å². The van der Waals surface area contributed by atoms with E-state index in [0.29, 0.717) is 12.0 Å². The molecule has 1 aromatic rings. The highest BCUT2D eigenvalue weighted by Crippen LogP contribution is 2.09. The van der Waals surface area contributed by atoms with Crippen LogP contribution in [0.4, 0.5) is 0 Å². The zero-order valence-electron chi connectivity index (χ0n) is 11.5. The highest BCUT2D eigenvalue weighted by molar-refractivity contribution is 6.04. The van der Waals surface area contributed by atoms with Gasteiger partial charge in [0.25, 0.3) is 0 Å². The Balaban J connectivity index is 2.73. The van der Waals surface area contributed by atoms with Crippen molar-refractivity contribution in [1.29, 1.82) is 0 Å². The van der Waals surface area contributed by atoms with Gasteiger partial charge >= 0.3 is 5.97 Å². The summed E-state index contributed by atoms with van der Waals surface area (Å²) in [6.07, 6.45) is 5.00. The molecular weight excluding hydrogens is 254 g/mol. The number of carbonyl (C=O) groups excluding carboxylic acids is 2. The van der Waals surface area contributed by atoms with E-state index < -0.39 is 12.0 Å². The molecule has 1 rings (SSSR count). The molecule has 0 aromatic heterocycles. The summed E-state index contributed by atoms with van der Waals surface area (Å²) in [5.74, 6) is -0.549. The number of esters is 1. The first-order valence-electron chi connectivity index (χ1n) is 6.37. The summed E-state index contributed by atoms with van der Waals surface area (Å²) >= 11 is 0. The van der Waals surface area contributed by atoms with Gasteiger partial charge in [0.05, 0.1) is 0 Å². The Morgan fingerprint density at radius 3 is 2.85 bits per heavy atom. The predicted octanol–water partition coefficient (Wildman–Crippen LogP) is 2.04. The van der Waals surface area contributed by atoms with Crippen LogP contribution in [0.1, 0.15) is 22.8 Å². The van der Waals surface area contributed by atoms with Crippen LogP contribution < -0.4 is 5.73 Å². The molecule has 1 aromatic carbocycles. The van der Waals surface area contributed by atoms with Crippen molar-refractivity contribution >= 4 is 11.8 Å². The number of benzene rings is 1. The van der Waals surface area contributed by atoms with Crippen LogP contribution in [0.2, 0.25) is 0 Å². The molecule has 0 heterocycles. The number of ketones is 1. The fourth-order valence-corrected chi connectivity index (χ4v) is 1.68. The monoisotopic (exact) mass is 273 g/mol. The van der Waals surface area contributed by atoms with Crippen LogP contribution in [0, 0.1) is 0 Å². The molecule has 106 valence electrons. The van der Waals surface area contributed by atoms with Gasteiger partial charge in [-0.1, -0.05) is 36.9 Å². The first-order chi connectivity index (χ1) is 9.58. The Labute approximate surface area is 118 Å². The molecule has 0 spiro atoms. The third kappa shape index (κ3) is 4.82. The summed E-state index contributed by atoms with van der Waals surface area (Å²) in [5, 5.41) is 0. The summed E-state index contributed by atoms with van der Waals surface area (Å²) < 4.78 is 4.88. The number of ether oxygens (including phenoxy) is 1. The molecule has 0 amide bonds. The number of hydrogen-bond donors (Lipinski definition) is 1. The van der Waals surface area contributed by atoms with Crippen LogP contribution in [-0.4, -0.2) is 24.4 Å². The van der Waals surface area contributed by atoms with E-state index in [1.165, 1.54) is 12.2 Å². The number of hydrogen-bond acceptors (Lipinski definition) is 4. The second kappa shape index (κ2) is 8.07. The highest BCUT2D eigenvalue weighted by Gasteiger charge is 2.15. The maximum Gasteiger partial charge on any atom is 0.323 e. The summed E-state index contributed by atoms with van der Waals surface area (Å²) in [4.78, 5) is 23.3. The van der Waals surface area contributed by atoms with Crippen LogP contribution in [0.25, 0.3) is 0 Å². The molecule has 0 saturated carbocycles. The van der Waals surface area contributed by atoms with Crippen LogP contribution in [0.15, 0.2) is 49.1 Å². The average molecular weight is 273 g/mol. The van der Waals surface area contributed by atoms with E-state index in [9.17, 15) is 9.59 Å². The third-order valence-corrected chi connectivity index (χ3v) is 2.63. The Bertz CT molecular complexity index is 520. The van der Waals surface area contributed by atoms with Gasteiger partial charge in [0.15, 0.2) is 5.78 Å². The van der Waals surface area contributed by atoms with E-state index in [0.717, 1.165) is 5.56 Å². The van der Waals surface area contributed by atoms with Crippen LogP contribution in [-0.2, 0) is 16.0 Å². The summed E-state index contributed by atoms with van der Waals surface area (Å²) in [6, 6.07) is 6.32. The lowest BCUT2D eigenvalue weighted by atomic mass is 10.0. The minimum Gasteiger partial charge on any atom is -0.460 e. The molecule has 2 N–H and O–H groups in total. The molecule has 0 aliphatic heterocycles. The molecule has 0 unspecified atom stereocenters. The third-order valence-electron chi connectivity index (χ3n) is 2.63. The normalized spacial score (nSPS) is 12.1. The quantitative estimate of drug-likeness (QED) is 0.357. The minimum atomic E-state index is -0.748. The first kappa shape index (κ1) is 15.9. The summed E-state index contributed by atoms with van der Waals surface area (Å²) in [5.41, 5.74) is 7.17. The van der Waals surface area contributed by atoms with Crippen molar-refractivity contribution in [3.8, 4) is 0 Å². The Hall–Kier alpha value is -2.20. The molecule has 0 radical (unpaired) electrons. The van der Waals surface area contributed by atoms with Crippen molar-refractivity contribution in [2.45, 2.75) is 19.4 Å². The van der Waals surface area contributed by atoms with Gasteiger partial charge in [-0.3, -0.25) is 9.59 Å². The average Bonchev–Trinajstić information content (AvgIpc) is 2.45. The van der Waals surface area contributed by atoms with E-state index >= 15 is 0 Å². The molecular formula is C16H19NO3. The standard InChI is InChI=1S/C16H19NO3/c1-3-6-15(18)13-8-5-7-12(10-13)11-14(17)16(19)20-9-4-2/h3-8,10,14H,2,9,11,17H2,1H3/t14-/m0/s1. The zero-order chi connectivity index (χ0) is 15.0. The van der Waals surface area contributed by atoms with Gasteiger partial charge in [0.1, 0.15) is 12.6 Å².